The monoisotopic (exact) mass is 302 g/mol. The van der Waals surface area contributed by atoms with Crippen LogP contribution in [0.25, 0.3) is 0 Å². The molecular weight excluding hydrogens is 284 g/mol. The van der Waals surface area contributed by atoms with Gasteiger partial charge in [-0.25, -0.2) is 4.98 Å². The van der Waals surface area contributed by atoms with E-state index in [-0.39, 0.29) is 5.91 Å². The summed E-state index contributed by atoms with van der Waals surface area (Å²) in [5, 5.41) is 5.46. The van der Waals surface area contributed by atoms with E-state index in [1.54, 1.807) is 11.3 Å². The van der Waals surface area contributed by atoms with Crippen molar-refractivity contribution < 1.29 is 4.79 Å². The van der Waals surface area contributed by atoms with E-state index in [1.165, 1.54) is 10.4 Å². The first-order valence-electron chi connectivity index (χ1n) is 7.42. The van der Waals surface area contributed by atoms with Crippen molar-refractivity contribution in [3.8, 4) is 0 Å². The van der Waals surface area contributed by atoms with Gasteiger partial charge in [0.2, 0.25) is 0 Å². The highest BCUT2D eigenvalue weighted by Crippen LogP contribution is 2.25. The van der Waals surface area contributed by atoms with Gasteiger partial charge in [0.05, 0.1) is 0 Å². The number of carbonyl (C=O) groups excluding carboxylic acids is 1. The lowest BCUT2D eigenvalue weighted by Crippen LogP contribution is -2.35. The van der Waals surface area contributed by atoms with Gasteiger partial charge in [0.1, 0.15) is 11.5 Å². The fourth-order valence-electron chi connectivity index (χ4n) is 3.06. The number of hydrogen-bond donors (Lipinski definition) is 1. The molecule has 0 bridgehead atoms. The maximum atomic E-state index is 12.7. The van der Waals surface area contributed by atoms with Crippen molar-refractivity contribution in [2.45, 2.75) is 25.9 Å². The number of imidazole rings is 1. The van der Waals surface area contributed by atoms with E-state index in [0.29, 0.717) is 5.69 Å². The summed E-state index contributed by atoms with van der Waals surface area (Å²) >= 11 is 1.79. The maximum Gasteiger partial charge on any atom is 0.274 e. The molecule has 2 aliphatic rings. The number of carbonyl (C=O) groups is 1. The van der Waals surface area contributed by atoms with E-state index in [4.69, 9.17) is 0 Å². The van der Waals surface area contributed by atoms with Gasteiger partial charge in [-0.2, -0.15) is 0 Å². The van der Waals surface area contributed by atoms with Crippen molar-refractivity contribution in [1.29, 1.82) is 0 Å². The molecule has 1 N–H and O–H groups in total. The average molecular weight is 302 g/mol. The average Bonchev–Trinajstić information content (AvgIpc) is 3.08. The summed E-state index contributed by atoms with van der Waals surface area (Å²) in [6.45, 7) is 4.30. The molecule has 2 aromatic heterocycles. The highest BCUT2D eigenvalue weighted by molar-refractivity contribution is 7.10. The Morgan fingerprint density at radius 3 is 3.19 bits per heavy atom. The van der Waals surface area contributed by atoms with E-state index in [9.17, 15) is 4.79 Å². The first-order chi connectivity index (χ1) is 10.3. The van der Waals surface area contributed by atoms with E-state index in [2.05, 4.69) is 26.3 Å². The molecule has 0 atom stereocenters. The Morgan fingerprint density at radius 2 is 2.24 bits per heavy atom. The van der Waals surface area contributed by atoms with Crippen LogP contribution in [0, 0.1) is 0 Å². The molecule has 6 heteroatoms. The fraction of sp³-hybridized carbons (Fsp3) is 0.467. The SMILES string of the molecule is O=C(c1cn2c(n1)CCNCC2)N1CCc2sccc2C1. The minimum absolute atomic E-state index is 0.0698. The molecule has 0 radical (unpaired) electrons. The molecule has 0 spiro atoms. The predicted molar refractivity (Wildman–Crippen MR) is 81.6 cm³/mol. The largest absolute Gasteiger partial charge is 0.333 e. The Morgan fingerprint density at radius 1 is 1.29 bits per heavy atom. The number of aromatic nitrogens is 2. The molecule has 110 valence electrons. The molecule has 4 heterocycles. The van der Waals surface area contributed by atoms with Crippen LogP contribution in [0.1, 0.15) is 26.8 Å². The van der Waals surface area contributed by atoms with Crippen molar-refractivity contribution in [2.75, 3.05) is 19.6 Å². The van der Waals surface area contributed by atoms with Crippen LogP contribution in [-0.4, -0.2) is 40.0 Å². The molecule has 0 unspecified atom stereocenters. The zero-order valence-electron chi connectivity index (χ0n) is 11.8. The minimum Gasteiger partial charge on any atom is -0.333 e. The van der Waals surface area contributed by atoms with Gasteiger partial charge in [-0.05, 0) is 23.4 Å². The normalized spacial score (nSPS) is 18.0. The molecule has 5 nitrogen and oxygen atoms in total. The molecule has 4 rings (SSSR count). The van der Waals surface area contributed by atoms with Crippen LogP contribution < -0.4 is 5.32 Å². The molecule has 0 aliphatic carbocycles. The number of hydrogen-bond acceptors (Lipinski definition) is 4. The van der Waals surface area contributed by atoms with Gasteiger partial charge in [0.15, 0.2) is 0 Å². The third-order valence-electron chi connectivity index (χ3n) is 4.23. The molecule has 1 amide bonds. The lowest BCUT2D eigenvalue weighted by Gasteiger charge is -2.26. The molecule has 0 saturated heterocycles. The molecule has 2 aliphatic heterocycles. The smallest absolute Gasteiger partial charge is 0.274 e. The number of nitrogens with zero attached hydrogens (tertiary/aromatic N) is 3. The van der Waals surface area contributed by atoms with Gasteiger partial charge < -0.3 is 14.8 Å². The van der Waals surface area contributed by atoms with Gasteiger partial charge in [0, 0.05) is 50.2 Å². The summed E-state index contributed by atoms with van der Waals surface area (Å²) in [6, 6.07) is 2.13. The standard InChI is InChI=1S/C15H18N4OS/c20-15(19-6-2-13-11(9-19)3-8-21-13)12-10-18-7-5-16-4-1-14(18)17-12/h3,8,10,16H,1-2,4-7,9H2. The van der Waals surface area contributed by atoms with Crippen molar-refractivity contribution in [3.63, 3.8) is 0 Å². The summed E-state index contributed by atoms with van der Waals surface area (Å²) in [6.07, 6.45) is 3.78. The van der Waals surface area contributed by atoms with Crippen LogP contribution in [0.2, 0.25) is 0 Å². The summed E-state index contributed by atoms with van der Waals surface area (Å²) in [5.41, 5.74) is 1.90. The van der Waals surface area contributed by atoms with Crippen LogP contribution >= 0.6 is 11.3 Å². The second-order valence-electron chi connectivity index (χ2n) is 5.58. The van der Waals surface area contributed by atoms with Gasteiger partial charge in [-0.1, -0.05) is 0 Å². The van der Waals surface area contributed by atoms with Crippen LogP contribution in [0.4, 0.5) is 0 Å². The van der Waals surface area contributed by atoms with Crippen LogP contribution in [0.3, 0.4) is 0 Å². The van der Waals surface area contributed by atoms with Crippen molar-refractivity contribution in [3.05, 3.63) is 39.6 Å². The molecular formula is C15H18N4OS. The topological polar surface area (TPSA) is 50.2 Å². The molecule has 0 aromatic carbocycles. The van der Waals surface area contributed by atoms with Crippen molar-refractivity contribution in [1.82, 2.24) is 19.8 Å². The van der Waals surface area contributed by atoms with E-state index in [0.717, 1.165) is 51.4 Å². The highest BCUT2D eigenvalue weighted by Gasteiger charge is 2.25. The van der Waals surface area contributed by atoms with Crippen molar-refractivity contribution in [2.24, 2.45) is 0 Å². The third kappa shape index (κ3) is 2.38. The number of thiophene rings is 1. The molecule has 0 fully saturated rings. The summed E-state index contributed by atoms with van der Waals surface area (Å²) in [5.74, 6) is 1.09. The van der Waals surface area contributed by atoms with E-state index < -0.39 is 0 Å². The molecule has 21 heavy (non-hydrogen) atoms. The van der Waals surface area contributed by atoms with Crippen molar-refractivity contribution >= 4 is 17.2 Å². The summed E-state index contributed by atoms with van der Waals surface area (Å²) < 4.78 is 2.12. The predicted octanol–water partition coefficient (Wildman–Crippen LogP) is 1.29. The van der Waals surface area contributed by atoms with E-state index in [1.807, 2.05) is 11.1 Å². The lowest BCUT2D eigenvalue weighted by atomic mass is 10.1. The first-order valence-corrected chi connectivity index (χ1v) is 8.30. The third-order valence-corrected chi connectivity index (χ3v) is 5.25. The lowest BCUT2D eigenvalue weighted by molar-refractivity contribution is 0.0730. The zero-order valence-corrected chi connectivity index (χ0v) is 12.7. The zero-order chi connectivity index (χ0) is 14.2. The minimum atomic E-state index is 0.0698. The Hall–Kier alpha value is -1.66. The quantitative estimate of drug-likeness (QED) is 0.863. The van der Waals surface area contributed by atoms with Crippen LogP contribution in [0.15, 0.2) is 17.6 Å². The second-order valence-corrected chi connectivity index (χ2v) is 6.58. The number of rotatable bonds is 1. The fourth-order valence-corrected chi connectivity index (χ4v) is 3.95. The number of amides is 1. The second kappa shape index (κ2) is 5.27. The number of fused-ring (bicyclic) bond motifs is 2. The van der Waals surface area contributed by atoms with E-state index >= 15 is 0 Å². The van der Waals surface area contributed by atoms with Gasteiger partial charge >= 0.3 is 0 Å². The van der Waals surface area contributed by atoms with Crippen LogP contribution in [-0.2, 0) is 25.9 Å². The van der Waals surface area contributed by atoms with Gasteiger partial charge in [-0.3, -0.25) is 4.79 Å². The number of nitrogens with one attached hydrogen (secondary N) is 1. The Bertz CT molecular complexity index is 652. The first kappa shape index (κ1) is 13.0. The summed E-state index contributed by atoms with van der Waals surface area (Å²) in [4.78, 5) is 20.6. The Kier molecular flexibility index (Phi) is 3.27. The Labute approximate surface area is 127 Å². The van der Waals surface area contributed by atoms with Crippen LogP contribution in [0.5, 0.6) is 0 Å². The Balaban J connectivity index is 1.55. The summed E-state index contributed by atoms with van der Waals surface area (Å²) in [7, 11) is 0. The van der Waals surface area contributed by atoms with Gasteiger partial charge in [-0.15, -0.1) is 11.3 Å². The maximum absolute atomic E-state index is 12.7. The molecule has 0 saturated carbocycles. The highest BCUT2D eigenvalue weighted by atomic mass is 32.1. The molecule has 2 aromatic rings. The van der Waals surface area contributed by atoms with Gasteiger partial charge in [0.25, 0.3) is 5.91 Å².